The summed E-state index contributed by atoms with van der Waals surface area (Å²) in [6.45, 7) is 1.75. The zero-order chi connectivity index (χ0) is 20.5. The molecule has 1 aromatic heterocycles. The van der Waals surface area contributed by atoms with Crippen LogP contribution in [0.2, 0.25) is 5.02 Å². The molecule has 0 saturated carbocycles. The Balaban J connectivity index is 1.57. The highest BCUT2D eigenvalue weighted by atomic mass is 35.5. The number of phenolic OH excluding ortho intramolecular Hbond substituents is 1. The molecule has 0 radical (unpaired) electrons. The lowest BCUT2D eigenvalue weighted by molar-refractivity contribution is 0.477. The highest BCUT2D eigenvalue weighted by Gasteiger charge is 2.29. The zero-order valence-electron chi connectivity index (χ0n) is 16.2. The van der Waals surface area contributed by atoms with E-state index in [1.54, 1.807) is 18.2 Å². The van der Waals surface area contributed by atoms with Crippen molar-refractivity contribution in [2.75, 3.05) is 18.4 Å². The number of nitrogens with one attached hydrogen (secondary N) is 2. The van der Waals surface area contributed by atoms with Gasteiger partial charge in [0, 0.05) is 35.5 Å². The van der Waals surface area contributed by atoms with Crippen LogP contribution in [0.3, 0.4) is 0 Å². The molecule has 3 aromatic carbocycles. The van der Waals surface area contributed by atoms with E-state index < -0.39 is 0 Å². The van der Waals surface area contributed by atoms with Gasteiger partial charge >= 0.3 is 0 Å². The number of halogens is 1. The fourth-order valence-corrected chi connectivity index (χ4v) is 4.22. The monoisotopic (exact) mass is 416 g/mol. The van der Waals surface area contributed by atoms with Crippen molar-refractivity contribution in [1.82, 2.24) is 15.3 Å². The number of aromatic nitrogens is 2. The summed E-state index contributed by atoms with van der Waals surface area (Å²) in [7, 11) is 0. The van der Waals surface area contributed by atoms with Crippen molar-refractivity contribution in [3.05, 3.63) is 83.4 Å². The van der Waals surface area contributed by atoms with Crippen LogP contribution >= 0.6 is 11.6 Å². The molecule has 1 saturated heterocycles. The molecule has 0 bridgehead atoms. The second kappa shape index (κ2) is 7.94. The highest BCUT2D eigenvalue weighted by molar-refractivity contribution is 6.30. The maximum atomic E-state index is 10.4. The van der Waals surface area contributed by atoms with Gasteiger partial charge in [-0.15, -0.1) is 0 Å². The van der Waals surface area contributed by atoms with E-state index >= 15 is 0 Å². The molecule has 0 amide bonds. The Morgan fingerprint density at radius 1 is 0.933 bits per heavy atom. The van der Waals surface area contributed by atoms with E-state index in [2.05, 4.69) is 39.9 Å². The molecule has 0 aliphatic carbocycles. The number of nitrogens with zero attached hydrogens (tertiary/aromatic N) is 2. The number of benzene rings is 3. The average Bonchev–Trinajstić information content (AvgIpc) is 3.24. The van der Waals surface area contributed by atoms with Crippen LogP contribution < -0.4 is 10.6 Å². The first-order chi connectivity index (χ1) is 14.7. The number of hydrogen-bond acceptors (Lipinski definition) is 5. The van der Waals surface area contributed by atoms with E-state index in [1.807, 2.05) is 30.3 Å². The van der Waals surface area contributed by atoms with Crippen LogP contribution in [0, 0.1) is 0 Å². The van der Waals surface area contributed by atoms with Gasteiger partial charge in [0.1, 0.15) is 11.6 Å². The van der Waals surface area contributed by atoms with Gasteiger partial charge in [-0.05, 0) is 35.9 Å². The van der Waals surface area contributed by atoms with Crippen LogP contribution in [0.25, 0.3) is 22.3 Å². The Hall–Kier alpha value is -3.15. The number of anilines is 1. The van der Waals surface area contributed by atoms with Crippen LogP contribution in [0.5, 0.6) is 5.75 Å². The van der Waals surface area contributed by atoms with E-state index in [0.717, 1.165) is 29.8 Å². The Morgan fingerprint density at radius 3 is 2.60 bits per heavy atom. The lowest BCUT2D eigenvalue weighted by Gasteiger charge is -2.22. The number of fused-ring (bicyclic) bond motifs is 1. The third-order valence-corrected chi connectivity index (χ3v) is 5.80. The van der Waals surface area contributed by atoms with Gasteiger partial charge in [0.05, 0.1) is 11.1 Å². The molecular weight excluding hydrogens is 396 g/mol. The predicted octanol–water partition coefficient (Wildman–Crippen LogP) is 4.82. The van der Waals surface area contributed by atoms with Crippen molar-refractivity contribution in [2.24, 2.45) is 0 Å². The zero-order valence-corrected chi connectivity index (χ0v) is 17.0. The van der Waals surface area contributed by atoms with Gasteiger partial charge in [0.15, 0.2) is 5.82 Å². The molecule has 4 aromatic rings. The first kappa shape index (κ1) is 18.9. The molecule has 1 aliphatic rings. The SMILES string of the molecule is Oc1ccc(Cl)cc1-c1nc(N[C@@H]2CNCC2c2ccccc2)c2ccccc2n1. The quantitative estimate of drug-likeness (QED) is 0.444. The van der Waals surface area contributed by atoms with Crippen LogP contribution in [0.4, 0.5) is 5.82 Å². The molecule has 0 spiro atoms. The Kier molecular flexibility index (Phi) is 4.99. The van der Waals surface area contributed by atoms with Gasteiger partial charge in [-0.2, -0.15) is 0 Å². The van der Waals surface area contributed by atoms with E-state index in [-0.39, 0.29) is 11.8 Å². The van der Waals surface area contributed by atoms with Crippen molar-refractivity contribution in [1.29, 1.82) is 0 Å². The van der Waals surface area contributed by atoms with Crippen molar-refractivity contribution >= 4 is 28.3 Å². The minimum absolute atomic E-state index is 0.102. The summed E-state index contributed by atoms with van der Waals surface area (Å²) in [6, 6.07) is 23.5. The standard InChI is InChI=1S/C24H21ClN4O/c25-16-10-11-22(30)18(12-16)24-27-20-9-5-4-8-17(20)23(29-24)28-21-14-26-13-19(21)15-6-2-1-3-7-15/h1-12,19,21,26,30H,13-14H2,(H,27,28,29)/t19?,21-/m1/s1. The van der Waals surface area contributed by atoms with Gasteiger partial charge in [-0.3, -0.25) is 0 Å². The topological polar surface area (TPSA) is 70.1 Å². The first-order valence-corrected chi connectivity index (χ1v) is 10.3. The summed E-state index contributed by atoms with van der Waals surface area (Å²) >= 11 is 6.16. The van der Waals surface area contributed by atoms with E-state index in [4.69, 9.17) is 16.6 Å². The van der Waals surface area contributed by atoms with Gasteiger partial charge in [0.2, 0.25) is 0 Å². The summed E-state index contributed by atoms with van der Waals surface area (Å²) < 4.78 is 0. The van der Waals surface area contributed by atoms with E-state index in [0.29, 0.717) is 22.3 Å². The molecule has 2 heterocycles. The number of rotatable bonds is 4. The molecule has 30 heavy (non-hydrogen) atoms. The maximum absolute atomic E-state index is 10.4. The Labute approximate surface area is 179 Å². The van der Waals surface area contributed by atoms with Crippen molar-refractivity contribution in [2.45, 2.75) is 12.0 Å². The number of para-hydroxylation sites is 1. The molecule has 2 atom stereocenters. The van der Waals surface area contributed by atoms with Crippen LogP contribution in [0.15, 0.2) is 72.8 Å². The smallest absolute Gasteiger partial charge is 0.165 e. The van der Waals surface area contributed by atoms with Crippen LogP contribution in [-0.4, -0.2) is 34.2 Å². The number of aromatic hydroxyl groups is 1. The predicted molar refractivity (Wildman–Crippen MR) is 121 cm³/mol. The van der Waals surface area contributed by atoms with E-state index in [1.165, 1.54) is 5.56 Å². The molecular formula is C24H21ClN4O. The Bertz CT molecular complexity index is 1200. The largest absolute Gasteiger partial charge is 0.507 e. The molecule has 1 fully saturated rings. The average molecular weight is 417 g/mol. The third kappa shape index (κ3) is 3.58. The second-order valence-corrected chi connectivity index (χ2v) is 7.94. The van der Waals surface area contributed by atoms with Crippen molar-refractivity contribution in [3.8, 4) is 17.1 Å². The molecule has 6 heteroatoms. The highest BCUT2D eigenvalue weighted by Crippen LogP contribution is 2.33. The van der Waals surface area contributed by atoms with Gasteiger partial charge < -0.3 is 15.7 Å². The molecule has 5 rings (SSSR count). The number of phenols is 1. The summed E-state index contributed by atoms with van der Waals surface area (Å²) in [6.07, 6.45) is 0. The second-order valence-electron chi connectivity index (χ2n) is 7.50. The number of hydrogen-bond donors (Lipinski definition) is 3. The van der Waals surface area contributed by atoms with E-state index in [9.17, 15) is 5.11 Å². The Morgan fingerprint density at radius 2 is 1.73 bits per heavy atom. The molecule has 1 aliphatic heterocycles. The molecule has 5 nitrogen and oxygen atoms in total. The van der Waals surface area contributed by atoms with Gasteiger partial charge in [0.25, 0.3) is 0 Å². The first-order valence-electron chi connectivity index (χ1n) is 9.97. The fraction of sp³-hybridized carbons (Fsp3) is 0.167. The molecule has 150 valence electrons. The lowest BCUT2D eigenvalue weighted by Crippen LogP contribution is -2.27. The van der Waals surface area contributed by atoms with Gasteiger partial charge in [-0.25, -0.2) is 9.97 Å². The van der Waals surface area contributed by atoms with Crippen LogP contribution in [0.1, 0.15) is 11.5 Å². The summed E-state index contributed by atoms with van der Waals surface area (Å²) in [4.78, 5) is 9.47. The maximum Gasteiger partial charge on any atom is 0.165 e. The van der Waals surface area contributed by atoms with Gasteiger partial charge in [-0.1, -0.05) is 54.1 Å². The molecule has 1 unspecified atom stereocenters. The third-order valence-electron chi connectivity index (χ3n) is 5.57. The molecule has 3 N–H and O–H groups in total. The van der Waals surface area contributed by atoms with Crippen molar-refractivity contribution in [3.63, 3.8) is 0 Å². The minimum atomic E-state index is 0.102. The minimum Gasteiger partial charge on any atom is -0.507 e. The normalized spacial score (nSPS) is 18.6. The van der Waals surface area contributed by atoms with Crippen LogP contribution in [-0.2, 0) is 0 Å². The summed E-state index contributed by atoms with van der Waals surface area (Å²) in [5, 5.41) is 19.0. The lowest BCUT2D eigenvalue weighted by atomic mass is 9.94. The fourth-order valence-electron chi connectivity index (χ4n) is 4.05. The summed E-state index contributed by atoms with van der Waals surface area (Å²) in [5.74, 6) is 1.64. The summed E-state index contributed by atoms with van der Waals surface area (Å²) in [5.41, 5.74) is 2.62. The van der Waals surface area contributed by atoms with Crippen molar-refractivity contribution < 1.29 is 5.11 Å².